The minimum Gasteiger partial charge on any atom is -0.338 e. The summed E-state index contributed by atoms with van der Waals surface area (Å²) in [5.74, 6) is -0.500. The van der Waals surface area contributed by atoms with Crippen molar-refractivity contribution >= 4 is 23.5 Å². The quantitative estimate of drug-likeness (QED) is 0.863. The second-order valence-electron chi connectivity index (χ2n) is 6.55. The molecule has 2 heterocycles. The number of urea groups is 1. The van der Waals surface area contributed by atoms with Gasteiger partial charge in [-0.05, 0) is 29.7 Å². The molecule has 1 saturated heterocycles. The first-order chi connectivity index (χ1) is 12.6. The highest BCUT2D eigenvalue weighted by Crippen LogP contribution is 2.22. The third-order valence-corrected chi connectivity index (χ3v) is 4.90. The molecule has 0 radical (unpaired) electrons. The highest BCUT2D eigenvalue weighted by Gasteiger charge is 2.40. The number of hydrogen-bond acceptors (Lipinski definition) is 3. The summed E-state index contributed by atoms with van der Waals surface area (Å²) >= 11 is 0. The minimum absolute atomic E-state index is 0.0178. The summed E-state index contributed by atoms with van der Waals surface area (Å²) in [7, 11) is 0. The number of carbonyl (C=O) groups excluding carboxylic acids is 3. The summed E-state index contributed by atoms with van der Waals surface area (Å²) in [5, 5.41) is 2.63. The Hall–Kier alpha value is -3.15. The lowest BCUT2D eigenvalue weighted by Crippen LogP contribution is -2.41. The molecule has 0 unspecified atom stereocenters. The van der Waals surface area contributed by atoms with E-state index in [1.165, 1.54) is 5.56 Å². The van der Waals surface area contributed by atoms with Crippen molar-refractivity contribution < 1.29 is 14.4 Å². The molecule has 0 bridgehead atoms. The summed E-state index contributed by atoms with van der Waals surface area (Å²) in [6.45, 7) is 1.18. The van der Waals surface area contributed by atoms with Gasteiger partial charge in [0, 0.05) is 13.1 Å². The Bertz CT molecular complexity index is 866. The molecule has 2 aliphatic heterocycles. The maximum Gasteiger partial charge on any atom is 0.329 e. The van der Waals surface area contributed by atoms with Crippen LogP contribution in [0.2, 0.25) is 0 Å². The molecule has 4 rings (SSSR count). The zero-order valence-corrected chi connectivity index (χ0v) is 14.2. The molecule has 2 aliphatic rings. The number of hydrogen-bond donors (Lipinski definition) is 1. The number of anilines is 1. The first kappa shape index (κ1) is 16.3. The van der Waals surface area contributed by atoms with E-state index >= 15 is 0 Å². The molecule has 6 heteroatoms. The Morgan fingerprint density at radius 1 is 1.00 bits per heavy atom. The molecular formula is C20H19N3O3. The van der Waals surface area contributed by atoms with Crippen molar-refractivity contribution in [2.75, 3.05) is 11.4 Å². The Balaban J connectivity index is 1.44. The standard InChI is InChI=1S/C20H19N3O3/c24-18(22-11-10-14-6-4-5-7-15(14)13-22)12-17-19(25)23(20(26)21-17)16-8-2-1-3-9-16/h1-9,17H,10-13H2,(H,21,26)/t17-/m1/s1. The van der Waals surface area contributed by atoms with E-state index in [4.69, 9.17) is 0 Å². The van der Waals surface area contributed by atoms with E-state index in [9.17, 15) is 14.4 Å². The molecular weight excluding hydrogens is 330 g/mol. The second kappa shape index (κ2) is 6.63. The summed E-state index contributed by atoms with van der Waals surface area (Å²) in [5.41, 5.74) is 2.91. The molecule has 0 saturated carbocycles. The first-order valence-corrected chi connectivity index (χ1v) is 8.67. The van der Waals surface area contributed by atoms with E-state index < -0.39 is 12.1 Å². The minimum atomic E-state index is -0.813. The van der Waals surface area contributed by atoms with Crippen LogP contribution in [-0.2, 0) is 22.6 Å². The van der Waals surface area contributed by atoms with E-state index in [2.05, 4.69) is 11.4 Å². The maximum atomic E-state index is 12.7. The van der Waals surface area contributed by atoms with Gasteiger partial charge < -0.3 is 10.2 Å². The van der Waals surface area contributed by atoms with E-state index in [1.807, 2.05) is 24.3 Å². The van der Waals surface area contributed by atoms with Crippen LogP contribution in [0.5, 0.6) is 0 Å². The van der Waals surface area contributed by atoms with Crippen molar-refractivity contribution in [1.82, 2.24) is 10.2 Å². The van der Waals surface area contributed by atoms with Gasteiger partial charge in [-0.2, -0.15) is 0 Å². The van der Waals surface area contributed by atoms with Gasteiger partial charge in [0.2, 0.25) is 5.91 Å². The lowest BCUT2D eigenvalue weighted by molar-refractivity contribution is -0.134. The van der Waals surface area contributed by atoms with Gasteiger partial charge in [-0.15, -0.1) is 0 Å². The van der Waals surface area contributed by atoms with Crippen molar-refractivity contribution in [3.8, 4) is 0 Å². The van der Waals surface area contributed by atoms with Gasteiger partial charge >= 0.3 is 6.03 Å². The molecule has 0 aliphatic carbocycles. The molecule has 4 amide bonds. The van der Waals surface area contributed by atoms with Crippen LogP contribution in [0, 0.1) is 0 Å². The number of fused-ring (bicyclic) bond motifs is 1. The molecule has 26 heavy (non-hydrogen) atoms. The predicted molar refractivity (Wildman–Crippen MR) is 96.4 cm³/mol. The number of para-hydroxylation sites is 1. The van der Waals surface area contributed by atoms with E-state index in [1.54, 1.807) is 29.2 Å². The SMILES string of the molecule is O=C(C[C@H]1NC(=O)N(c2ccccc2)C1=O)N1CCc2ccccc2C1. The van der Waals surface area contributed by atoms with Gasteiger partial charge in [0.05, 0.1) is 12.1 Å². The van der Waals surface area contributed by atoms with Gasteiger partial charge in [0.15, 0.2) is 0 Å². The van der Waals surface area contributed by atoms with E-state index in [-0.39, 0.29) is 18.2 Å². The van der Waals surface area contributed by atoms with Crippen molar-refractivity contribution in [3.05, 3.63) is 65.7 Å². The van der Waals surface area contributed by atoms with Crippen LogP contribution < -0.4 is 10.2 Å². The lowest BCUT2D eigenvalue weighted by Gasteiger charge is -2.29. The van der Waals surface area contributed by atoms with Gasteiger partial charge in [-0.3, -0.25) is 9.59 Å². The average Bonchev–Trinajstić information content (AvgIpc) is 2.95. The molecule has 1 N–H and O–H groups in total. The molecule has 0 spiro atoms. The number of rotatable bonds is 3. The molecule has 2 aromatic rings. The van der Waals surface area contributed by atoms with Crippen LogP contribution in [0.25, 0.3) is 0 Å². The van der Waals surface area contributed by atoms with Gasteiger partial charge in [0.1, 0.15) is 6.04 Å². The number of amides is 4. The molecule has 1 fully saturated rings. The molecule has 0 aromatic heterocycles. The topological polar surface area (TPSA) is 69.7 Å². The normalized spacial score (nSPS) is 19.3. The fraction of sp³-hybridized carbons (Fsp3) is 0.250. The average molecular weight is 349 g/mol. The Morgan fingerprint density at radius 2 is 1.69 bits per heavy atom. The third-order valence-electron chi connectivity index (χ3n) is 4.90. The Morgan fingerprint density at radius 3 is 2.46 bits per heavy atom. The van der Waals surface area contributed by atoms with Crippen molar-refractivity contribution in [2.24, 2.45) is 0 Å². The molecule has 1 atom stereocenters. The van der Waals surface area contributed by atoms with E-state index in [0.717, 1.165) is 16.9 Å². The van der Waals surface area contributed by atoms with Crippen LogP contribution in [0.3, 0.4) is 0 Å². The molecule has 6 nitrogen and oxygen atoms in total. The summed E-state index contributed by atoms with van der Waals surface area (Å²) in [6.07, 6.45) is 0.791. The van der Waals surface area contributed by atoms with Crippen LogP contribution in [0.15, 0.2) is 54.6 Å². The molecule has 132 valence electrons. The Labute approximate surface area is 151 Å². The smallest absolute Gasteiger partial charge is 0.329 e. The summed E-state index contributed by atoms with van der Waals surface area (Å²) < 4.78 is 0. The zero-order chi connectivity index (χ0) is 18.1. The third kappa shape index (κ3) is 2.94. The second-order valence-corrected chi connectivity index (χ2v) is 6.55. The number of carbonyl (C=O) groups is 3. The van der Waals surface area contributed by atoms with Crippen molar-refractivity contribution in [1.29, 1.82) is 0 Å². The predicted octanol–water partition coefficient (Wildman–Crippen LogP) is 2.09. The zero-order valence-electron chi connectivity index (χ0n) is 14.2. The fourth-order valence-electron chi connectivity index (χ4n) is 3.50. The van der Waals surface area contributed by atoms with Crippen LogP contribution >= 0.6 is 0 Å². The molecule has 2 aromatic carbocycles. The largest absolute Gasteiger partial charge is 0.338 e. The van der Waals surface area contributed by atoms with Crippen LogP contribution in [-0.4, -0.2) is 35.3 Å². The highest BCUT2D eigenvalue weighted by atomic mass is 16.2. The van der Waals surface area contributed by atoms with Crippen molar-refractivity contribution in [2.45, 2.75) is 25.4 Å². The fourth-order valence-corrected chi connectivity index (χ4v) is 3.50. The van der Waals surface area contributed by atoms with Crippen LogP contribution in [0.1, 0.15) is 17.5 Å². The highest BCUT2D eigenvalue weighted by molar-refractivity contribution is 6.22. The number of benzene rings is 2. The first-order valence-electron chi connectivity index (χ1n) is 8.67. The lowest BCUT2D eigenvalue weighted by atomic mass is 9.99. The summed E-state index contributed by atoms with van der Waals surface area (Å²) in [6, 6.07) is 15.5. The number of nitrogens with one attached hydrogen (secondary N) is 1. The number of nitrogens with zero attached hydrogens (tertiary/aromatic N) is 2. The Kier molecular flexibility index (Phi) is 4.16. The number of imide groups is 1. The maximum absolute atomic E-state index is 12.7. The monoisotopic (exact) mass is 349 g/mol. The van der Waals surface area contributed by atoms with Gasteiger partial charge in [-0.25, -0.2) is 9.69 Å². The van der Waals surface area contributed by atoms with Crippen molar-refractivity contribution in [3.63, 3.8) is 0 Å². The summed E-state index contributed by atoms with van der Waals surface area (Å²) in [4.78, 5) is 40.3. The van der Waals surface area contributed by atoms with Gasteiger partial charge in [-0.1, -0.05) is 42.5 Å². The van der Waals surface area contributed by atoms with Crippen LogP contribution in [0.4, 0.5) is 10.5 Å². The van der Waals surface area contributed by atoms with E-state index in [0.29, 0.717) is 18.8 Å². The van der Waals surface area contributed by atoms with Gasteiger partial charge in [0.25, 0.3) is 5.91 Å².